The third-order valence-corrected chi connectivity index (χ3v) is 6.31. The van der Waals surface area contributed by atoms with Gasteiger partial charge in [-0.3, -0.25) is 0 Å². The lowest BCUT2D eigenvalue weighted by molar-refractivity contribution is 0.157. The predicted molar refractivity (Wildman–Crippen MR) is 83.7 cm³/mol. The average molecular weight is 312 g/mol. The first kappa shape index (κ1) is 16.1. The maximum Gasteiger partial charge on any atom is 0.247 e. The lowest BCUT2D eigenvalue weighted by Crippen LogP contribution is -2.48. The summed E-state index contributed by atoms with van der Waals surface area (Å²) in [6.07, 6.45) is 1.05. The van der Waals surface area contributed by atoms with Crippen molar-refractivity contribution in [3.63, 3.8) is 0 Å². The van der Waals surface area contributed by atoms with Crippen LogP contribution in [-0.4, -0.2) is 32.4 Å². The Morgan fingerprint density at radius 1 is 1.29 bits per heavy atom. The maximum absolute atomic E-state index is 13.0. The number of nitrogens with two attached hydrogens (primary N) is 1. The number of anilines is 1. The van der Waals surface area contributed by atoms with Crippen LogP contribution < -0.4 is 10.5 Å². The van der Waals surface area contributed by atoms with Gasteiger partial charge in [-0.2, -0.15) is 4.31 Å². The molecule has 0 amide bonds. The zero-order valence-corrected chi connectivity index (χ0v) is 13.9. The van der Waals surface area contributed by atoms with Crippen molar-refractivity contribution < 1.29 is 13.2 Å². The van der Waals surface area contributed by atoms with E-state index in [0.29, 0.717) is 29.8 Å². The number of nitrogen functional groups attached to an aromatic ring is 1. The molecule has 2 N–H and O–H groups in total. The summed E-state index contributed by atoms with van der Waals surface area (Å²) in [6.45, 7) is 6.70. The van der Waals surface area contributed by atoms with Crippen molar-refractivity contribution in [2.24, 2.45) is 11.8 Å². The van der Waals surface area contributed by atoms with E-state index in [0.717, 1.165) is 6.42 Å². The Morgan fingerprint density at radius 2 is 1.95 bits per heavy atom. The number of benzene rings is 1. The van der Waals surface area contributed by atoms with Crippen LogP contribution in [0.1, 0.15) is 27.2 Å². The minimum Gasteiger partial charge on any atom is -0.495 e. The van der Waals surface area contributed by atoms with E-state index in [9.17, 15) is 8.42 Å². The number of piperidine rings is 1. The summed E-state index contributed by atoms with van der Waals surface area (Å²) in [6, 6.07) is 4.65. The Labute approximate surface area is 127 Å². The minimum absolute atomic E-state index is 0.0199. The Hall–Kier alpha value is -1.27. The second kappa shape index (κ2) is 5.85. The molecule has 1 aliphatic heterocycles. The predicted octanol–water partition coefficient (Wildman–Crippen LogP) is 2.33. The van der Waals surface area contributed by atoms with Gasteiger partial charge >= 0.3 is 0 Å². The van der Waals surface area contributed by atoms with Gasteiger partial charge in [-0.1, -0.05) is 13.8 Å². The van der Waals surface area contributed by atoms with Crippen LogP contribution in [0.2, 0.25) is 0 Å². The van der Waals surface area contributed by atoms with E-state index >= 15 is 0 Å². The van der Waals surface area contributed by atoms with Crippen LogP contribution in [0.15, 0.2) is 23.1 Å². The second-order valence-corrected chi connectivity index (χ2v) is 7.90. The number of rotatable bonds is 3. The van der Waals surface area contributed by atoms with Crippen molar-refractivity contribution in [1.29, 1.82) is 0 Å². The highest BCUT2D eigenvalue weighted by atomic mass is 32.2. The smallest absolute Gasteiger partial charge is 0.247 e. The van der Waals surface area contributed by atoms with Crippen molar-refractivity contribution in [2.75, 3.05) is 19.4 Å². The molecule has 1 aliphatic rings. The van der Waals surface area contributed by atoms with Crippen LogP contribution in [0.4, 0.5) is 5.69 Å². The molecule has 1 aromatic rings. The van der Waals surface area contributed by atoms with Crippen molar-refractivity contribution >= 4 is 15.7 Å². The van der Waals surface area contributed by atoms with Gasteiger partial charge in [0.2, 0.25) is 10.0 Å². The fourth-order valence-electron chi connectivity index (χ4n) is 3.00. The van der Waals surface area contributed by atoms with Gasteiger partial charge in [-0.25, -0.2) is 8.42 Å². The van der Waals surface area contributed by atoms with Crippen molar-refractivity contribution in [2.45, 2.75) is 38.1 Å². The average Bonchev–Trinajstić information content (AvgIpc) is 2.42. The first-order chi connectivity index (χ1) is 9.77. The molecular formula is C15H24N2O3S. The number of hydrogen-bond acceptors (Lipinski definition) is 4. The summed E-state index contributed by atoms with van der Waals surface area (Å²) >= 11 is 0. The number of nitrogens with zero attached hydrogens (tertiary/aromatic N) is 1. The fraction of sp³-hybridized carbons (Fsp3) is 0.600. The van der Waals surface area contributed by atoms with Gasteiger partial charge in [0, 0.05) is 24.3 Å². The molecule has 0 aromatic heterocycles. The lowest BCUT2D eigenvalue weighted by Gasteiger charge is -2.40. The van der Waals surface area contributed by atoms with Gasteiger partial charge < -0.3 is 10.5 Å². The summed E-state index contributed by atoms with van der Waals surface area (Å²) in [4.78, 5) is 0.187. The van der Waals surface area contributed by atoms with E-state index in [-0.39, 0.29) is 10.9 Å². The highest BCUT2D eigenvalue weighted by Crippen LogP contribution is 2.35. The molecule has 3 atom stereocenters. The quantitative estimate of drug-likeness (QED) is 0.869. The molecule has 3 unspecified atom stereocenters. The number of ether oxygens (including phenoxy) is 1. The molecule has 0 spiro atoms. The standard InChI is InChI=1S/C15H24N2O3S/c1-10-7-11(2)12(3)17(9-10)21(18,19)15-6-5-13(16)8-14(15)20-4/h5-6,8,10-12H,7,9,16H2,1-4H3. The van der Waals surface area contributed by atoms with Gasteiger partial charge in [0.05, 0.1) is 7.11 Å². The van der Waals surface area contributed by atoms with E-state index in [1.165, 1.54) is 13.2 Å². The summed E-state index contributed by atoms with van der Waals surface area (Å²) in [5.74, 6) is 0.988. The molecule has 0 bridgehead atoms. The molecule has 0 radical (unpaired) electrons. The monoisotopic (exact) mass is 312 g/mol. The molecule has 1 fully saturated rings. The van der Waals surface area contributed by atoms with Crippen molar-refractivity contribution in [3.05, 3.63) is 18.2 Å². The SMILES string of the molecule is COc1cc(N)ccc1S(=O)(=O)N1CC(C)CC(C)C1C. The molecule has 2 rings (SSSR count). The van der Waals surface area contributed by atoms with Gasteiger partial charge in [0.15, 0.2) is 0 Å². The van der Waals surface area contributed by atoms with Gasteiger partial charge in [-0.05, 0) is 37.3 Å². The van der Waals surface area contributed by atoms with Crippen LogP contribution in [0.25, 0.3) is 0 Å². The fourth-order valence-corrected chi connectivity index (χ4v) is 4.99. The van der Waals surface area contributed by atoms with Gasteiger partial charge in [-0.15, -0.1) is 0 Å². The minimum atomic E-state index is -3.58. The van der Waals surface area contributed by atoms with E-state index < -0.39 is 10.0 Å². The summed E-state index contributed by atoms with van der Waals surface area (Å²) in [7, 11) is -2.13. The lowest BCUT2D eigenvalue weighted by atomic mass is 9.88. The van der Waals surface area contributed by atoms with Crippen molar-refractivity contribution in [1.82, 2.24) is 4.31 Å². The van der Waals surface area contributed by atoms with Crippen LogP contribution in [0.5, 0.6) is 5.75 Å². The van der Waals surface area contributed by atoms with E-state index in [1.807, 2.05) is 6.92 Å². The molecule has 1 saturated heterocycles. The topological polar surface area (TPSA) is 72.6 Å². The van der Waals surface area contributed by atoms with Gasteiger partial charge in [0.25, 0.3) is 0 Å². The zero-order valence-electron chi connectivity index (χ0n) is 13.0. The van der Waals surface area contributed by atoms with E-state index in [1.54, 1.807) is 16.4 Å². The second-order valence-electron chi connectivity index (χ2n) is 6.04. The van der Waals surface area contributed by atoms with Crippen molar-refractivity contribution in [3.8, 4) is 5.75 Å². The number of sulfonamides is 1. The Bertz CT molecular complexity index is 615. The number of hydrogen-bond donors (Lipinski definition) is 1. The van der Waals surface area contributed by atoms with Crippen LogP contribution >= 0.6 is 0 Å². The first-order valence-electron chi connectivity index (χ1n) is 7.22. The van der Waals surface area contributed by atoms with Crippen LogP contribution in [-0.2, 0) is 10.0 Å². The summed E-state index contributed by atoms with van der Waals surface area (Å²) < 4.78 is 32.8. The largest absolute Gasteiger partial charge is 0.495 e. The molecule has 5 nitrogen and oxygen atoms in total. The molecule has 0 aliphatic carbocycles. The molecule has 6 heteroatoms. The molecular weight excluding hydrogens is 288 g/mol. The molecule has 0 saturated carbocycles. The molecule has 1 heterocycles. The Kier molecular flexibility index (Phi) is 4.49. The third-order valence-electron chi connectivity index (χ3n) is 4.32. The highest BCUT2D eigenvalue weighted by Gasteiger charge is 2.38. The van der Waals surface area contributed by atoms with E-state index in [2.05, 4.69) is 13.8 Å². The first-order valence-corrected chi connectivity index (χ1v) is 8.66. The normalized spacial score (nSPS) is 27.5. The number of methoxy groups -OCH3 is 1. The molecule has 21 heavy (non-hydrogen) atoms. The molecule has 1 aromatic carbocycles. The highest BCUT2D eigenvalue weighted by molar-refractivity contribution is 7.89. The molecule has 118 valence electrons. The van der Waals surface area contributed by atoms with Crippen LogP contribution in [0.3, 0.4) is 0 Å². The third kappa shape index (κ3) is 3.01. The zero-order chi connectivity index (χ0) is 15.8. The summed E-state index contributed by atoms with van der Waals surface area (Å²) in [5.41, 5.74) is 6.19. The maximum atomic E-state index is 13.0. The van der Waals surface area contributed by atoms with Crippen LogP contribution in [0, 0.1) is 11.8 Å². The van der Waals surface area contributed by atoms with Gasteiger partial charge in [0.1, 0.15) is 10.6 Å². The Balaban J connectivity index is 2.46. The Morgan fingerprint density at radius 3 is 2.57 bits per heavy atom. The summed E-state index contributed by atoms with van der Waals surface area (Å²) in [5, 5.41) is 0. The van der Waals surface area contributed by atoms with E-state index in [4.69, 9.17) is 10.5 Å².